The summed E-state index contributed by atoms with van der Waals surface area (Å²) in [6.07, 6.45) is 2.71. The lowest BCUT2D eigenvalue weighted by atomic mass is 10.1. The van der Waals surface area contributed by atoms with Crippen molar-refractivity contribution in [1.82, 2.24) is 25.2 Å². The molecule has 0 unspecified atom stereocenters. The van der Waals surface area contributed by atoms with Crippen molar-refractivity contribution in [2.75, 3.05) is 20.7 Å². The first kappa shape index (κ1) is 18.0. The van der Waals surface area contributed by atoms with Crippen molar-refractivity contribution in [2.24, 2.45) is 4.99 Å². The molecule has 1 aromatic carbocycles. The first-order valence-electron chi connectivity index (χ1n) is 8.27. The number of rotatable bonds is 6. The van der Waals surface area contributed by atoms with Crippen LogP contribution in [0.15, 0.2) is 47.6 Å². The average molecular weight is 373 g/mol. The van der Waals surface area contributed by atoms with Gasteiger partial charge in [0.25, 0.3) is 0 Å². The number of guanidine groups is 1. The van der Waals surface area contributed by atoms with Gasteiger partial charge in [0.15, 0.2) is 17.4 Å². The summed E-state index contributed by atoms with van der Waals surface area (Å²) in [5.41, 5.74) is 1.88. The number of nitrogens with one attached hydrogen (secondary N) is 2. The molecule has 3 rings (SSSR count). The number of fused-ring (bicyclic) bond motifs is 1. The molecule has 8 heteroatoms. The first-order valence-corrected chi connectivity index (χ1v) is 8.64. The first-order chi connectivity index (χ1) is 12.7. The third-order valence-corrected chi connectivity index (χ3v) is 4.32. The van der Waals surface area contributed by atoms with E-state index in [2.05, 4.69) is 25.8 Å². The zero-order chi connectivity index (χ0) is 18.4. The predicted molar refractivity (Wildman–Crippen MR) is 103 cm³/mol. The average Bonchev–Trinajstić information content (AvgIpc) is 3.08. The van der Waals surface area contributed by atoms with Crippen LogP contribution >= 0.6 is 11.6 Å². The van der Waals surface area contributed by atoms with Crippen LogP contribution in [0, 0.1) is 0 Å². The van der Waals surface area contributed by atoms with E-state index in [9.17, 15) is 0 Å². The molecule has 0 amide bonds. The topological polar surface area (TPSA) is 75.8 Å². The van der Waals surface area contributed by atoms with E-state index in [-0.39, 0.29) is 0 Å². The summed E-state index contributed by atoms with van der Waals surface area (Å²) in [4.78, 5) is 4.23. The molecule has 0 spiro atoms. The number of methoxy groups -OCH3 is 1. The third-order valence-electron chi connectivity index (χ3n) is 3.97. The maximum atomic E-state index is 6.27. The number of hydrogen-bond acceptors (Lipinski definition) is 4. The lowest BCUT2D eigenvalue weighted by Crippen LogP contribution is -2.38. The van der Waals surface area contributed by atoms with E-state index in [1.54, 1.807) is 14.2 Å². The van der Waals surface area contributed by atoms with E-state index in [0.717, 1.165) is 29.2 Å². The van der Waals surface area contributed by atoms with Gasteiger partial charge in [-0.2, -0.15) is 0 Å². The second-order valence-electron chi connectivity index (χ2n) is 5.60. The Morgan fingerprint density at radius 3 is 2.88 bits per heavy atom. The third kappa shape index (κ3) is 4.23. The second kappa shape index (κ2) is 8.53. The van der Waals surface area contributed by atoms with Crippen LogP contribution in [0.2, 0.25) is 5.02 Å². The molecule has 0 aliphatic rings. The van der Waals surface area contributed by atoms with Gasteiger partial charge in [0.1, 0.15) is 5.75 Å². The number of aliphatic imine (C=N–C) groups is 1. The number of aromatic nitrogens is 3. The SMILES string of the molecule is CN=C(NCCc1ccc(OC)cc1Cl)NCc1nnc2ccccn12. The molecule has 0 saturated heterocycles. The van der Waals surface area contributed by atoms with Crippen molar-refractivity contribution in [3.63, 3.8) is 0 Å². The monoisotopic (exact) mass is 372 g/mol. The van der Waals surface area contributed by atoms with Gasteiger partial charge in [-0.1, -0.05) is 23.7 Å². The number of ether oxygens (including phenoxy) is 1. The number of nitrogens with zero attached hydrogens (tertiary/aromatic N) is 4. The molecule has 0 bridgehead atoms. The standard InChI is InChI=1S/C18H21ClN6O/c1-20-18(21-9-8-13-6-7-14(26-2)11-15(13)19)22-12-17-24-23-16-5-3-4-10-25(16)17/h3-7,10-11H,8-9,12H2,1-2H3,(H2,20,21,22). The number of hydrogen-bond donors (Lipinski definition) is 2. The molecule has 0 atom stereocenters. The molecule has 2 heterocycles. The van der Waals surface area contributed by atoms with Crippen molar-refractivity contribution in [3.05, 3.63) is 59.0 Å². The van der Waals surface area contributed by atoms with Gasteiger partial charge in [-0.25, -0.2) is 0 Å². The van der Waals surface area contributed by atoms with Gasteiger partial charge in [-0.15, -0.1) is 10.2 Å². The highest BCUT2D eigenvalue weighted by Gasteiger charge is 2.06. The molecule has 0 fully saturated rings. The highest BCUT2D eigenvalue weighted by atomic mass is 35.5. The fourth-order valence-electron chi connectivity index (χ4n) is 2.57. The van der Waals surface area contributed by atoms with Crippen LogP contribution in [0.25, 0.3) is 5.65 Å². The number of benzene rings is 1. The summed E-state index contributed by atoms with van der Waals surface area (Å²) in [5, 5.41) is 15.6. The van der Waals surface area contributed by atoms with Crippen LogP contribution in [-0.4, -0.2) is 41.3 Å². The van der Waals surface area contributed by atoms with Gasteiger partial charge in [-0.05, 0) is 36.2 Å². The highest BCUT2D eigenvalue weighted by Crippen LogP contribution is 2.22. The molecule has 0 radical (unpaired) electrons. The van der Waals surface area contributed by atoms with E-state index in [1.165, 1.54) is 0 Å². The Labute approximate surface area is 157 Å². The van der Waals surface area contributed by atoms with Crippen LogP contribution in [0.5, 0.6) is 5.75 Å². The molecule has 2 aromatic heterocycles. The Morgan fingerprint density at radius 2 is 2.12 bits per heavy atom. The minimum absolute atomic E-state index is 0.522. The molecule has 0 saturated carbocycles. The molecule has 0 aliphatic carbocycles. The van der Waals surface area contributed by atoms with Gasteiger partial charge < -0.3 is 15.4 Å². The van der Waals surface area contributed by atoms with Crippen molar-refractivity contribution in [2.45, 2.75) is 13.0 Å². The molecule has 3 aromatic rings. The summed E-state index contributed by atoms with van der Waals surface area (Å²) in [6.45, 7) is 1.22. The predicted octanol–water partition coefficient (Wildman–Crippen LogP) is 2.30. The number of pyridine rings is 1. The smallest absolute Gasteiger partial charge is 0.191 e. The summed E-state index contributed by atoms with van der Waals surface area (Å²) >= 11 is 6.27. The van der Waals surface area contributed by atoms with Gasteiger partial charge in [0.05, 0.1) is 13.7 Å². The van der Waals surface area contributed by atoms with Crippen molar-refractivity contribution < 1.29 is 4.74 Å². The molecule has 2 N–H and O–H groups in total. The molecule has 136 valence electrons. The Bertz CT molecular complexity index is 908. The van der Waals surface area contributed by atoms with Crippen molar-refractivity contribution in [1.29, 1.82) is 0 Å². The lowest BCUT2D eigenvalue weighted by Gasteiger charge is -2.12. The van der Waals surface area contributed by atoms with Gasteiger partial charge in [0.2, 0.25) is 0 Å². The fraction of sp³-hybridized carbons (Fsp3) is 0.278. The minimum atomic E-state index is 0.522. The zero-order valence-electron chi connectivity index (χ0n) is 14.7. The van der Waals surface area contributed by atoms with Crippen molar-refractivity contribution in [3.8, 4) is 5.75 Å². The van der Waals surface area contributed by atoms with E-state index in [4.69, 9.17) is 16.3 Å². The zero-order valence-corrected chi connectivity index (χ0v) is 15.5. The van der Waals surface area contributed by atoms with Crippen LogP contribution in [0.1, 0.15) is 11.4 Å². The summed E-state index contributed by atoms with van der Waals surface area (Å²) in [7, 11) is 3.36. The summed E-state index contributed by atoms with van der Waals surface area (Å²) in [6, 6.07) is 11.5. The Hall–Kier alpha value is -2.80. The largest absolute Gasteiger partial charge is 0.497 e. The van der Waals surface area contributed by atoms with Crippen LogP contribution in [0.4, 0.5) is 0 Å². The fourth-order valence-corrected chi connectivity index (χ4v) is 2.83. The normalized spacial score (nSPS) is 11.6. The molecular weight excluding hydrogens is 352 g/mol. The van der Waals surface area contributed by atoms with E-state index in [0.29, 0.717) is 24.1 Å². The van der Waals surface area contributed by atoms with E-state index < -0.39 is 0 Å². The molecule has 7 nitrogen and oxygen atoms in total. The summed E-state index contributed by atoms with van der Waals surface area (Å²) in [5.74, 6) is 2.27. The summed E-state index contributed by atoms with van der Waals surface area (Å²) < 4.78 is 7.11. The molecular formula is C18H21ClN6O. The van der Waals surface area contributed by atoms with E-state index in [1.807, 2.05) is 47.0 Å². The highest BCUT2D eigenvalue weighted by molar-refractivity contribution is 6.31. The van der Waals surface area contributed by atoms with Gasteiger partial charge >= 0.3 is 0 Å². The number of halogens is 1. The molecule has 0 aliphatic heterocycles. The van der Waals surface area contributed by atoms with Gasteiger partial charge in [-0.3, -0.25) is 9.39 Å². The quantitative estimate of drug-likeness (QED) is 0.513. The lowest BCUT2D eigenvalue weighted by molar-refractivity contribution is 0.414. The van der Waals surface area contributed by atoms with Crippen molar-refractivity contribution >= 4 is 23.2 Å². The Morgan fingerprint density at radius 1 is 1.23 bits per heavy atom. The Kier molecular flexibility index (Phi) is 5.91. The maximum Gasteiger partial charge on any atom is 0.191 e. The van der Waals surface area contributed by atoms with E-state index >= 15 is 0 Å². The van der Waals surface area contributed by atoms with Crippen LogP contribution < -0.4 is 15.4 Å². The minimum Gasteiger partial charge on any atom is -0.497 e. The van der Waals surface area contributed by atoms with Gasteiger partial charge in [0, 0.05) is 24.8 Å². The maximum absolute atomic E-state index is 6.27. The van der Waals surface area contributed by atoms with Crippen LogP contribution in [-0.2, 0) is 13.0 Å². The second-order valence-corrected chi connectivity index (χ2v) is 6.01. The van der Waals surface area contributed by atoms with Crippen LogP contribution in [0.3, 0.4) is 0 Å². The Balaban J connectivity index is 1.52. The molecule has 26 heavy (non-hydrogen) atoms.